The SMILES string of the molecule is CC[NH+](CC)CC#CCOC(=O)C(O)(c1ccccc1)c1ccccc1. The number of quaternary nitrogens is 1. The molecule has 0 radical (unpaired) electrons. The van der Waals surface area contributed by atoms with E-state index in [2.05, 4.69) is 25.7 Å². The molecule has 0 spiro atoms. The first kappa shape index (κ1) is 19.7. The Morgan fingerprint density at radius 2 is 1.46 bits per heavy atom. The van der Waals surface area contributed by atoms with Crippen LogP contribution in [0.2, 0.25) is 0 Å². The van der Waals surface area contributed by atoms with Crippen molar-refractivity contribution in [3.8, 4) is 11.8 Å². The molecule has 4 nitrogen and oxygen atoms in total. The number of carbonyl (C=O) groups is 1. The first-order valence-electron chi connectivity index (χ1n) is 8.92. The van der Waals surface area contributed by atoms with Crippen molar-refractivity contribution < 1.29 is 19.5 Å². The van der Waals surface area contributed by atoms with Gasteiger partial charge in [-0.25, -0.2) is 4.79 Å². The number of nitrogens with one attached hydrogen (secondary N) is 1. The number of benzene rings is 2. The molecule has 0 saturated heterocycles. The van der Waals surface area contributed by atoms with Gasteiger partial charge in [-0.15, -0.1) is 0 Å². The average molecular weight is 352 g/mol. The molecule has 2 N–H and O–H groups in total. The topological polar surface area (TPSA) is 51.0 Å². The molecule has 0 atom stereocenters. The molecule has 0 unspecified atom stereocenters. The second kappa shape index (κ2) is 9.76. The summed E-state index contributed by atoms with van der Waals surface area (Å²) in [5, 5.41) is 11.2. The lowest BCUT2D eigenvalue weighted by Crippen LogP contribution is -3.11. The summed E-state index contributed by atoms with van der Waals surface area (Å²) in [6.07, 6.45) is 0. The van der Waals surface area contributed by atoms with Crippen molar-refractivity contribution in [3.05, 3.63) is 71.8 Å². The summed E-state index contributed by atoms with van der Waals surface area (Å²) in [5.41, 5.74) is -0.914. The summed E-state index contributed by atoms with van der Waals surface area (Å²) >= 11 is 0. The zero-order chi connectivity index (χ0) is 18.8. The Kier molecular flexibility index (Phi) is 7.40. The van der Waals surface area contributed by atoms with Crippen LogP contribution in [0.5, 0.6) is 0 Å². The summed E-state index contributed by atoms with van der Waals surface area (Å²) in [4.78, 5) is 14.1. The summed E-state index contributed by atoms with van der Waals surface area (Å²) in [7, 11) is 0. The molecule has 0 saturated carbocycles. The standard InChI is InChI=1S/C22H25NO3/c1-3-23(4-2)17-11-12-18-26-21(24)22(25,19-13-7-5-8-14-19)20-15-9-6-10-16-20/h5-10,13-16,25H,3-4,17-18H2,1-2H3/p+1. The predicted octanol–water partition coefficient (Wildman–Crippen LogP) is 1.39. The van der Waals surface area contributed by atoms with E-state index < -0.39 is 11.6 Å². The molecule has 0 bridgehead atoms. The van der Waals surface area contributed by atoms with Crippen LogP contribution in [-0.2, 0) is 15.1 Å². The monoisotopic (exact) mass is 352 g/mol. The van der Waals surface area contributed by atoms with E-state index in [1.165, 1.54) is 4.90 Å². The van der Waals surface area contributed by atoms with Gasteiger partial charge < -0.3 is 14.7 Å². The van der Waals surface area contributed by atoms with E-state index in [0.29, 0.717) is 17.7 Å². The van der Waals surface area contributed by atoms with Crippen molar-refractivity contribution in [2.75, 3.05) is 26.2 Å². The summed E-state index contributed by atoms with van der Waals surface area (Å²) < 4.78 is 5.29. The van der Waals surface area contributed by atoms with E-state index in [1.807, 2.05) is 12.1 Å². The molecule has 0 amide bonds. The lowest BCUT2D eigenvalue weighted by Gasteiger charge is -2.26. The van der Waals surface area contributed by atoms with Crippen molar-refractivity contribution in [3.63, 3.8) is 0 Å². The Balaban J connectivity index is 2.14. The molecule has 4 heteroatoms. The third kappa shape index (κ3) is 4.72. The largest absolute Gasteiger partial charge is 0.450 e. The van der Waals surface area contributed by atoms with Gasteiger partial charge in [0.25, 0.3) is 0 Å². The lowest BCUT2D eigenvalue weighted by atomic mass is 9.86. The van der Waals surface area contributed by atoms with Gasteiger partial charge in [0.15, 0.2) is 6.61 Å². The van der Waals surface area contributed by atoms with Gasteiger partial charge in [0.05, 0.1) is 13.1 Å². The van der Waals surface area contributed by atoms with Crippen molar-refractivity contribution in [2.45, 2.75) is 19.4 Å². The molecule has 0 aromatic heterocycles. The molecular weight excluding hydrogens is 326 g/mol. The maximum atomic E-state index is 12.7. The molecule has 0 aliphatic rings. The lowest BCUT2D eigenvalue weighted by molar-refractivity contribution is -0.889. The van der Waals surface area contributed by atoms with Crippen LogP contribution in [0.3, 0.4) is 0 Å². The second-order valence-corrected chi connectivity index (χ2v) is 6.01. The minimum absolute atomic E-state index is 0.0402. The molecule has 0 aliphatic carbocycles. The molecule has 0 fully saturated rings. The van der Waals surface area contributed by atoms with Gasteiger partial charge >= 0.3 is 5.97 Å². The fourth-order valence-corrected chi connectivity index (χ4v) is 2.71. The third-order valence-electron chi connectivity index (χ3n) is 4.42. The smallest absolute Gasteiger partial charge is 0.348 e. The summed E-state index contributed by atoms with van der Waals surface area (Å²) in [6, 6.07) is 17.6. The number of esters is 1. The number of hydrogen-bond acceptors (Lipinski definition) is 3. The molecular formula is C22H26NO3+. The van der Waals surface area contributed by atoms with Crippen LogP contribution in [0.25, 0.3) is 0 Å². The highest BCUT2D eigenvalue weighted by molar-refractivity contribution is 5.85. The Labute approximate surface area is 155 Å². The fraction of sp³-hybridized carbons (Fsp3) is 0.318. The van der Waals surface area contributed by atoms with E-state index in [4.69, 9.17) is 4.74 Å². The first-order chi connectivity index (χ1) is 12.6. The average Bonchev–Trinajstić information content (AvgIpc) is 2.71. The second-order valence-electron chi connectivity index (χ2n) is 6.01. The minimum Gasteiger partial charge on any atom is -0.450 e. The van der Waals surface area contributed by atoms with E-state index in [1.54, 1.807) is 48.5 Å². The summed E-state index contributed by atoms with van der Waals surface area (Å²) in [6.45, 7) is 6.91. The van der Waals surface area contributed by atoms with Gasteiger partial charge in [-0.3, -0.25) is 0 Å². The highest BCUT2D eigenvalue weighted by Crippen LogP contribution is 2.30. The molecule has 136 valence electrons. The number of carbonyl (C=O) groups excluding carboxylic acids is 1. The maximum absolute atomic E-state index is 12.7. The van der Waals surface area contributed by atoms with Crippen molar-refractivity contribution in [2.24, 2.45) is 0 Å². The zero-order valence-corrected chi connectivity index (χ0v) is 15.4. The molecule has 2 aromatic rings. The van der Waals surface area contributed by atoms with Crippen LogP contribution >= 0.6 is 0 Å². The molecule has 0 aliphatic heterocycles. The van der Waals surface area contributed by atoms with Gasteiger partial charge in [0.1, 0.15) is 6.54 Å². The van der Waals surface area contributed by atoms with Crippen LogP contribution in [-0.4, -0.2) is 37.3 Å². The number of aliphatic hydroxyl groups is 1. The van der Waals surface area contributed by atoms with Crippen LogP contribution < -0.4 is 4.90 Å². The van der Waals surface area contributed by atoms with Crippen molar-refractivity contribution >= 4 is 5.97 Å². The van der Waals surface area contributed by atoms with Crippen LogP contribution in [0.4, 0.5) is 0 Å². The van der Waals surface area contributed by atoms with E-state index in [9.17, 15) is 9.90 Å². The highest BCUT2D eigenvalue weighted by atomic mass is 16.5. The fourth-order valence-electron chi connectivity index (χ4n) is 2.71. The number of ether oxygens (including phenoxy) is 1. The minimum atomic E-state index is -1.85. The number of rotatable bonds is 7. The van der Waals surface area contributed by atoms with Gasteiger partial charge in [0, 0.05) is 0 Å². The highest BCUT2D eigenvalue weighted by Gasteiger charge is 2.41. The quantitative estimate of drug-likeness (QED) is 0.585. The Morgan fingerprint density at radius 3 is 1.92 bits per heavy atom. The Hall–Kier alpha value is -2.61. The number of hydrogen-bond donors (Lipinski definition) is 2. The van der Waals surface area contributed by atoms with E-state index in [0.717, 1.165) is 13.1 Å². The van der Waals surface area contributed by atoms with Gasteiger partial charge in [-0.05, 0) is 30.9 Å². The third-order valence-corrected chi connectivity index (χ3v) is 4.42. The van der Waals surface area contributed by atoms with Crippen LogP contribution in [0.1, 0.15) is 25.0 Å². The molecule has 2 aromatic carbocycles. The normalized spacial score (nSPS) is 10.9. The van der Waals surface area contributed by atoms with Crippen molar-refractivity contribution in [1.82, 2.24) is 0 Å². The Bertz CT molecular complexity index is 704. The van der Waals surface area contributed by atoms with E-state index >= 15 is 0 Å². The Morgan fingerprint density at radius 1 is 0.962 bits per heavy atom. The van der Waals surface area contributed by atoms with Crippen LogP contribution in [0.15, 0.2) is 60.7 Å². The zero-order valence-electron chi connectivity index (χ0n) is 15.4. The van der Waals surface area contributed by atoms with Crippen molar-refractivity contribution in [1.29, 1.82) is 0 Å². The van der Waals surface area contributed by atoms with Crippen LogP contribution in [0, 0.1) is 11.8 Å². The molecule has 26 heavy (non-hydrogen) atoms. The first-order valence-corrected chi connectivity index (χ1v) is 8.92. The maximum Gasteiger partial charge on any atom is 0.348 e. The van der Waals surface area contributed by atoms with Gasteiger partial charge in [-0.2, -0.15) is 0 Å². The summed E-state index contributed by atoms with van der Waals surface area (Å²) in [5.74, 6) is 5.17. The van der Waals surface area contributed by atoms with Gasteiger partial charge in [-0.1, -0.05) is 66.6 Å². The molecule has 2 rings (SSSR count). The predicted molar refractivity (Wildman–Crippen MR) is 102 cm³/mol. The van der Waals surface area contributed by atoms with Gasteiger partial charge in [0.2, 0.25) is 5.60 Å². The van der Waals surface area contributed by atoms with E-state index in [-0.39, 0.29) is 6.61 Å². The molecule has 0 heterocycles.